The Morgan fingerprint density at radius 3 is 2.53 bits per heavy atom. The number of thiazole rings is 1. The number of ether oxygens (including phenoxy) is 2. The number of amides is 1. The summed E-state index contributed by atoms with van der Waals surface area (Å²) < 4.78 is 13.9. The van der Waals surface area contributed by atoms with Crippen molar-refractivity contribution in [1.82, 2.24) is 14.5 Å². The Labute approximate surface area is 197 Å². The highest BCUT2D eigenvalue weighted by molar-refractivity contribution is 7.22. The number of carbonyl (C=O) groups is 1. The van der Waals surface area contributed by atoms with E-state index in [4.69, 9.17) is 14.5 Å². The minimum absolute atomic E-state index is 0. The molecule has 0 N–H and O–H groups in total. The molecule has 1 amide bonds. The third-order valence-corrected chi connectivity index (χ3v) is 6.08. The van der Waals surface area contributed by atoms with Gasteiger partial charge in [0.25, 0.3) is 0 Å². The standard InChI is InChI=1S/C23H24N4O3S.ClH/c1-29-18-9-10-19(30-2)22-21(18)25-23(31-22)27(13-6-12-26-14-11-24-16-26)20(28)15-17-7-4-3-5-8-17;/h3-5,7-11,14,16H,6,12-13,15H2,1-2H3;1H. The molecule has 4 aromatic rings. The van der Waals surface area contributed by atoms with Crippen molar-refractivity contribution in [2.24, 2.45) is 0 Å². The van der Waals surface area contributed by atoms with Gasteiger partial charge >= 0.3 is 0 Å². The number of imidazole rings is 1. The molecule has 4 rings (SSSR count). The zero-order valence-electron chi connectivity index (χ0n) is 17.9. The van der Waals surface area contributed by atoms with Gasteiger partial charge in [-0.25, -0.2) is 9.97 Å². The van der Waals surface area contributed by atoms with Crippen molar-refractivity contribution in [1.29, 1.82) is 0 Å². The van der Waals surface area contributed by atoms with E-state index in [-0.39, 0.29) is 18.3 Å². The van der Waals surface area contributed by atoms with Gasteiger partial charge in [0.15, 0.2) is 5.13 Å². The second-order valence-corrected chi connectivity index (χ2v) is 7.98. The van der Waals surface area contributed by atoms with E-state index in [1.54, 1.807) is 31.6 Å². The first kappa shape index (κ1) is 23.6. The largest absolute Gasteiger partial charge is 0.495 e. The van der Waals surface area contributed by atoms with Gasteiger partial charge in [0, 0.05) is 25.5 Å². The van der Waals surface area contributed by atoms with Gasteiger partial charge in [0.1, 0.15) is 21.7 Å². The third kappa shape index (κ3) is 5.20. The van der Waals surface area contributed by atoms with Crippen LogP contribution < -0.4 is 14.4 Å². The second-order valence-electron chi connectivity index (χ2n) is 7.01. The van der Waals surface area contributed by atoms with Crippen LogP contribution in [0.3, 0.4) is 0 Å². The van der Waals surface area contributed by atoms with Crippen molar-refractivity contribution in [2.75, 3.05) is 25.7 Å². The molecule has 0 radical (unpaired) electrons. The SMILES string of the molecule is COc1ccc(OC)c2sc(N(CCCn3ccnc3)C(=O)Cc3ccccc3)nc12.Cl. The average Bonchev–Trinajstić information content (AvgIpc) is 3.46. The first-order valence-electron chi connectivity index (χ1n) is 10.0. The fourth-order valence-corrected chi connectivity index (χ4v) is 4.53. The summed E-state index contributed by atoms with van der Waals surface area (Å²) in [5, 5.41) is 0.643. The number of hydrogen-bond acceptors (Lipinski definition) is 6. The van der Waals surface area contributed by atoms with E-state index in [2.05, 4.69) is 4.98 Å². The minimum Gasteiger partial charge on any atom is -0.495 e. The van der Waals surface area contributed by atoms with E-state index in [9.17, 15) is 4.79 Å². The molecular weight excluding hydrogens is 448 g/mol. The summed E-state index contributed by atoms with van der Waals surface area (Å²) in [4.78, 5) is 23.9. The molecule has 0 bridgehead atoms. The van der Waals surface area contributed by atoms with E-state index in [0.29, 0.717) is 35.1 Å². The van der Waals surface area contributed by atoms with Gasteiger partial charge in [0.05, 0.1) is 27.0 Å². The van der Waals surface area contributed by atoms with Crippen LogP contribution in [0.1, 0.15) is 12.0 Å². The number of anilines is 1. The van der Waals surface area contributed by atoms with Crippen molar-refractivity contribution in [3.8, 4) is 11.5 Å². The van der Waals surface area contributed by atoms with Gasteiger partial charge in [-0.3, -0.25) is 9.69 Å². The molecule has 0 saturated heterocycles. The number of halogens is 1. The molecule has 9 heteroatoms. The smallest absolute Gasteiger partial charge is 0.233 e. The lowest BCUT2D eigenvalue weighted by Crippen LogP contribution is -2.33. The number of rotatable bonds is 9. The van der Waals surface area contributed by atoms with E-state index in [1.165, 1.54) is 11.3 Å². The predicted molar refractivity (Wildman–Crippen MR) is 129 cm³/mol. The van der Waals surface area contributed by atoms with Gasteiger partial charge < -0.3 is 14.0 Å². The quantitative estimate of drug-likeness (QED) is 0.356. The Balaban J connectivity index is 0.00000289. The van der Waals surface area contributed by atoms with Crippen LogP contribution in [0.15, 0.2) is 61.2 Å². The predicted octanol–water partition coefficient (Wildman–Crippen LogP) is 4.60. The van der Waals surface area contributed by atoms with Crippen LogP contribution in [-0.4, -0.2) is 41.2 Å². The second kappa shape index (κ2) is 11.0. The van der Waals surface area contributed by atoms with Crippen molar-refractivity contribution >= 4 is 45.0 Å². The number of methoxy groups -OCH3 is 2. The maximum Gasteiger partial charge on any atom is 0.233 e. The first-order chi connectivity index (χ1) is 15.2. The van der Waals surface area contributed by atoms with Crippen molar-refractivity contribution in [3.05, 3.63) is 66.7 Å². The lowest BCUT2D eigenvalue weighted by molar-refractivity contribution is -0.118. The normalized spacial score (nSPS) is 10.6. The average molecular weight is 473 g/mol. The Morgan fingerprint density at radius 1 is 1.09 bits per heavy atom. The molecule has 0 atom stereocenters. The summed E-state index contributed by atoms with van der Waals surface area (Å²) in [6.07, 6.45) is 6.55. The van der Waals surface area contributed by atoms with E-state index in [1.807, 2.05) is 53.2 Å². The third-order valence-electron chi connectivity index (χ3n) is 4.99. The molecule has 2 aromatic carbocycles. The molecule has 0 unspecified atom stereocenters. The monoisotopic (exact) mass is 472 g/mol. The van der Waals surface area contributed by atoms with Gasteiger partial charge in [-0.2, -0.15) is 0 Å². The van der Waals surface area contributed by atoms with Gasteiger partial charge in [-0.1, -0.05) is 41.7 Å². The van der Waals surface area contributed by atoms with Crippen LogP contribution in [-0.2, 0) is 17.8 Å². The van der Waals surface area contributed by atoms with Crippen molar-refractivity contribution in [3.63, 3.8) is 0 Å². The van der Waals surface area contributed by atoms with E-state index >= 15 is 0 Å². The maximum absolute atomic E-state index is 13.3. The number of benzene rings is 2. The molecule has 7 nitrogen and oxygen atoms in total. The van der Waals surface area contributed by atoms with E-state index in [0.717, 1.165) is 23.2 Å². The molecule has 0 aliphatic heterocycles. The zero-order valence-corrected chi connectivity index (χ0v) is 19.6. The van der Waals surface area contributed by atoms with Crippen LogP contribution >= 0.6 is 23.7 Å². The summed E-state index contributed by atoms with van der Waals surface area (Å²) in [7, 11) is 3.24. The molecule has 0 saturated carbocycles. The number of aryl methyl sites for hydroxylation is 1. The summed E-state index contributed by atoms with van der Waals surface area (Å²) in [5.74, 6) is 1.38. The number of fused-ring (bicyclic) bond motifs is 1. The number of carbonyl (C=O) groups excluding carboxylic acids is 1. The number of nitrogens with zero attached hydrogens (tertiary/aromatic N) is 4. The van der Waals surface area contributed by atoms with Crippen LogP contribution in [0.25, 0.3) is 10.2 Å². The maximum atomic E-state index is 13.3. The van der Waals surface area contributed by atoms with Crippen LogP contribution in [0.2, 0.25) is 0 Å². The van der Waals surface area contributed by atoms with Gasteiger partial charge in [0.2, 0.25) is 5.91 Å². The fourth-order valence-electron chi connectivity index (χ4n) is 3.41. The molecule has 0 fully saturated rings. The van der Waals surface area contributed by atoms with Crippen molar-refractivity contribution < 1.29 is 14.3 Å². The van der Waals surface area contributed by atoms with Gasteiger partial charge in [-0.05, 0) is 24.1 Å². The highest BCUT2D eigenvalue weighted by atomic mass is 35.5. The molecular formula is C23H25ClN4O3S. The molecule has 2 aromatic heterocycles. The molecule has 0 spiro atoms. The van der Waals surface area contributed by atoms with Crippen molar-refractivity contribution in [2.45, 2.75) is 19.4 Å². The van der Waals surface area contributed by atoms with E-state index < -0.39 is 0 Å². The lowest BCUT2D eigenvalue weighted by Gasteiger charge is -2.20. The Hall–Kier alpha value is -3.10. The Kier molecular flexibility index (Phi) is 8.08. The highest BCUT2D eigenvalue weighted by Gasteiger charge is 2.22. The highest BCUT2D eigenvalue weighted by Crippen LogP contribution is 2.40. The van der Waals surface area contributed by atoms with Crippen LogP contribution in [0, 0.1) is 0 Å². The molecule has 2 heterocycles. The molecule has 0 aliphatic rings. The topological polar surface area (TPSA) is 69.5 Å². The molecule has 168 valence electrons. The van der Waals surface area contributed by atoms with Gasteiger partial charge in [-0.15, -0.1) is 12.4 Å². The summed E-state index contributed by atoms with van der Waals surface area (Å²) >= 11 is 1.44. The number of aromatic nitrogens is 3. The number of hydrogen-bond donors (Lipinski definition) is 0. The summed E-state index contributed by atoms with van der Waals surface area (Å²) in [6, 6.07) is 13.5. The molecule has 0 aliphatic carbocycles. The Bertz CT molecular complexity index is 1110. The van der Waals surface area contributed by atoms with Crippen LogP contribution in [0.4, 0.5) is 5.13 Å². The first-order valence-corrected chi connectivity index (χ1v) is 10.8. The minimum atomic E-state index is 0. The Morgan fingerprint density at radius 2 is 1.84 bits per heavy atom. The molecule has 32 heavy (non-hydrogen) atoms. The fraction of sp³-hybridized carbons (Fsp3) is 0.261. The lowest BCUT2D eigenvalue weighted by atomic mass is 10.1. The van der Waals surface area contributed by atoms with Crippen LogP contribution in [0.5, 0.6) is 11.5 Å². The summed E-state index contributed by atoms with van der Waals surface area (Å²) in [5.41, 5.74) is 1.68. The zero-order chi connectivity index (χ0) is 21.6. The summed E-state index contributed by atoms with van der Waals surface area (Å²) in [6.45, 7) is 1.32.